The van der Waals surface area contributed by atoms with Crippen LogP contribution in [0, 0.1) is 34.0 Å². The van der Waals surface area contributed by atoms with Gasteiger partial charge in [-0.05, 0) is 69.9 Å². The second-order valence-electron chi connectivity index (χ2n) is 13.1. The third-order valence-electron chi connectivity index (χ3n) is 9.35. The van der Waals surface area contributed by atoms with Gasteiger partial charge in [0.05, 0.1) is 30.1 Å². The minimum absolute atomic E-state index is 0.0197. The number of ether oxygens (including phenoxy) is 3. The zero-order valence-electron chi connectivity index (χ0n) is 29.8. The van der Waals surface area contributed by atoms with Crippen molar-refractivity contribution in [2.24, 2.45) is 0 Å². The highest BCUT2D eigenvalue weighted by Gasteiger charge is 2.43. The molecule has 51 heavy (non-hydrogen) atoms. The summed E-state index contributed by atoms with van der Waals surface area (Å²) >= 11 is 3.35. The number of hydrogen-bond acceptors (Lipinski definition) is 11. The molecule has 0 atom stereocenters. The lowest BCUT2D eigenvalue weighted by Gasteiger charge is -2.38. The zero-order valence-corrected chi connectivity index (χ0v) is 31.5. The topological polar surface area (TPSA) is 143 Å². The van der Waals surface area contributed by atoms with Gasteiger partial charge in [0.2, 0.25) is 0 Å². The number of nitrogens with zero attached hydrogens (tertiary/aromatic N) is 4. The summed E-state index contributed by atoms with van der Waals surface area (Å²) < 4.78 is 19.0. The summed E-state index contributed by atoms with van der Waals surface area (Å²) in [6.45, 7) is 8.80. The van der Waals surface area contributed by atoms with E-state index in [1.807, 2.05) is 55.2 Å². The monoisotopic (exact) mass is 724 g/mol. The first-order chi connectivity index (χ1) is 24.6. The molecule has 2 N–H and O–H groups in total. The van der Waals surface area contributed by atoms with E-state index in [0.717, 1.165) is 70.2 Å². The van der Waals surface area contributed by atoms with Gasteiger partial charge in [-0.15, -0.1) is 22.7 Å². The maximum Gasteiger partial charge on any atom is 0.172 e. The molecule has 0 radical (unpaired) electrons. The molecule has 5 rings (SSSR count). The Morgan fingerprint density at radius 2 is 1.61 bits per heavy atom. The van der Waals surface area contributed by atoms with E-state index in [4.69, 9.17) is 14.2 Å². The van der Waals surface area contributed by atoms with Crippen LogP contribution in [0.1, 0.15) is 76.7 Å². The molecule has 0 fully saturated rings. The molecule has 2 aromatic heterocycles. The molecule has 0 saturated carbocycles. The first kappa shape index (κ1) is 37.7. The van der Waals surface area contributed by atoms with Crippen LogP contribution < -0.4 is 14.4 Å². The van der Waals surface area contributed by atoms with Crippen molar-refractivity contribution >= 4 is 34.4 Å². The van der Waals surface area contributed by atoms with Gasteiger partial charge in [-0.1, -0.05) is 32.8 Å². The van der Waals surface area contributed by atoms with Crippen LogP contribution in [-0.4, -0.2) is 49.2 Å². The molecule has 1 aromatic carbocycles. The van der Waals surface area contributed by atoms with Crippen molar-refractivity contribution in [1.82, 2.24) is 0 Å². The van der Waals surface area contributed by atoms with Crippen molar-refractivity contribution in [2.45, 2.75) is 77.4 Å². The Labute approximate surface area is 308 Å². The normalized spacial score (nSPS) is 15.3. The molecule has 2 aliphatic heterocycles. The molecule has 0 saturated heterocycles. The number of benzene rings is 1. The highest BCUT2D eigenvalue weighted by molar-refractivity contribution is 7.24. The summed E-state index contributed by atoms with van der Waals surface area (Å²) in [5, 5.41) is 48.2. The highest BCUT2D eigenvalue weighted by Crippen LogP contribution is 2.57. The van der Waals surface area contributed by atoms with Crippen LogP contribution in [0.2, 0.25) is 0 Å². The number of fused-ring (bicyclic) bond motifs is 3. The molecule has 3 aromatic rings. The summed E-state index contributed by atoms with van der Waals surface area (Å²) in [7, 11) is 1.66. The van der Waals surface area contributed by atoms with Gasteiger partial charge >= 0.3 is 0 Å². The van der Waals surface area contributed by atoms with Crippen molar-refractivity contribution in [2.75, 3.05) is 38.3 Å². The van der Waals surface area contributed by atoms with Gasteiger partial charge in [0.25, 0.3) is 0 Å². The van der Waals surface area contributed by atoms with Gasteiger partial charge in [0, 0.05) is 51.3 Å². The predicted octanol–water partition coefficient (Wildman–Crippen LogP) is 8.85. The molecule has 2 aliphatic rings. The van der Waals surface area contributed by atoms with E-state index < -0.39 is 11.2 Å². The summed E-state index contributed by atoms with van der Waals surface area (Å²) in [5.74, 6) is 1.57. The standard InChI is InChI=1S/C40H44N4O5S2/c1-6-8-14-40(15-9-7-2)32-22-35(29-12-10-27(20-33(29)47-5)44(16-18-45)17-19-46)51-37(32)38-34(48-40)21-28(50-38)11-13-31-30(25-43)36(26(23-41)24-42)49-39(31,3)4/h10-13,20-22,45-46H,6-9,14-19H2,1-5H3/b13-11+. The lowest BCUT2D eigenvalue weighted by Crippen LogP contribution is -2.35. The second kappa shape index (κ2) is 16.2. The summed E-state index contributed by atoms with van der Waals surface area (Å²) in [6, 6.07) is 16.2. The van der Waals surface area contributed by atoms with Crippen molar-refractivity contribution in [3.63, 3.8) is 0 Å². The fourth-order valence-electron chi connectivity index (χ4n) is 6.77. The van der Waals surface area contributed by atoms with Crippen molar-refractivity contribution < 1.29 is 24.4 Å². The lowest BCUT2D eigenvalue weighted by molar-refractivity contribution is 0.0408. The molecule has 0 spiro atoms. The van der Waals surface area contributed by atoms with E-state index in [0.29, 0.717) is 24.4 Å². The second-order valence-corrected chi connectivity index (χ2v) is 15.2. The Kier molecular flexibility index (Phi) is 12.0. The number of methoxy groups -OCH3 is 1. The van der Waals surface area contributed by atoms with E-state index in [9.17, 15) is 26.0 Å². The lowest BCUT2D eigenvalue weighted by atomic mass is 9.82. The Hall–Kier alpha value is -4.57. The molecule has 9 nitrogen and oxygen atoms in total. The molecular formula is C40H44N4O5S2. The largest absolute Gasteiger partial charge is 0.496 e. The van der Waals surface area contributed by atoms with Crippen LogP contribution >= 0.6 is 22.7 Å². The summed E-state index contributed by atoms with van der Waals surface area (Å²) in [5.41, 5.74) is 2.19. The number of aliphatic hydroxyl groups excluding tert-OH is 2. The Morgan fingerprint density at radius 3 is 2.20 bits per heavy atom. The quantitative estimate of drug-likeness (QED) is 0.147. The predicted molar refractivity (Wildman–Crippen MR) is 202 cm³/mol. The van der Waals surface area contributed by atoms with Crippen LogP contribution in [0.25, 0.3) is 26.3 Å². The van der Waals surface area contributed by atoms with Gasteiger partial charge in [-0.25, -0.2) is 0 Å². The molecular weight excluding hydrogens is 681 g/mol. The fourth-order valence-corrected chi connectivity index (χ4v) is 9.18. The average Bonchev–Trinajstić information content (AvgIpc) is 3.82. The molecule has 0 unspecified atom stereocenters. The van der Waals surface area contributed by atoms with Gasteiger partial charge in [0.1, 0.15) is 46.5 Å². The molecule has 0 aliphatic carbocycles. The fraction of sp³-hybridized carbons (Fsp3) is 0.425. The van der Waals surface area contributed by atoms with Crippen LogP contribution in [0.3, 0.4) is 0 Å². The Bertz CT molecular complexity index is 1950. The number of rotatable bonds is 15. The molecule has 266 valence electrons. The summed E-state index contributed by atoms with van der Waals surface area (Å²) in [6.07, 6.45) is 9.71. The zero-order chi connectivity index (χ0) is 36.8. The third kappa shape index (κ3) is 7.42. The summed E-state index contributed by atoms with van der Waals surface area (Å²) in [4.78, 5) is 6.17. The Balaban J connectivity index is 1.63. The highest BCUT2D eigenvalue weighted by atomic mass is 32.1. The minimum Gasteiger partial charge on any atom is -0.496 e. The maximum atomic E-state index is 10.0. The number of allylic oxidation sites excluding steroid dienone is 2. The first-order valence-corrected chi connectivity index (χ1v) is 19.0. The smallest absolute Gasteiger partial charge is 0.172 e. The van der Waals surface area contributed by atoms with E-state index in [2.05, 4.69) is 38.1 Å². The molecule has 0 bridgehead atoms. The SMILES string of the molecule is CCCCC1(CCCC)Oc2cc(/C=C/C3=C(C#N)C(=C(C#N)C#N)OC3(C)C)sc2-c2sc(-c3ccc(N(CCO)CCO)cc3OC)cc21. The van der Waals surface area contributed by atoms with E-state index in [1.54, 1.807) is 29.8 Å². The number of nitriles is 3. The Morgan fingerprint density at radius 1 is 0.922 bits per heavy atom. The molecule has 4 heterocycles. The van der Waals surface area contributed by atoms with Crippen molar-refractivity contribution in [3.05, 3.63) is 69.3 Å². The van der Waals surface area contributed by atoms with Crippen LogP contribution in [-0.2, 0) is 10.3 Å². The molecule has 0 amide bonds. The van der Waals surface area contributed by atoms with Crippen molar-refractivity contribution in [3.8, 4) is 49.9 Å². The number of unbranched alkanes of at least 4 members (excludes halogenated alkanes) is 2. The number of anilines is 1. The van der Waals surface area contributed by atoms with Crippen LogP contribution in [0.5, 0.6) is 11.5 Å². The van der Waals surface area contributed by atoms with Gasteiger partial charge < -0.3 is 29.3 Å². The van der Waals surface area contributed by atoms with Gasteiger partial charge in [-0.3, -0.25) is 0 Å². The van der Waals surface area contributed by atoms with Crippen LogP contribution in [0.15, 0.2) is 58.9 Å². The van der Waals surface area contributed by atoms with Crippen molar-refractivity contribution in [1.29, 1.82) is 15.8 Å². The number of aliphatic hydroxyl groups is 2. The minimum atomic E-state index is -0.906. The molecule has 11 heteroatoms. The van der Waals surface area contributed by atoms with Gasteiger partial charge in [-0.2, -0.15) is 15.8 Å². The van der Waals surface area contributed by atoms with Crippen LogP contribution in [0.4, 0.5) is 5.69 Å². The van der Waals surface area contributed by atoms with E-state index in [1.165, 1.54) is 10.4 Å². The third-order valence-corrected chi connectivity index (χ3v) is 11.8. The first-order valence-electron chi connectivity index (χ1n) is 17.3. The van der Waals surface area contributed by atoms with Gasteiger partial charge in [0.15, 0.2) is 11.3 Å². The van der Waals surface area contributed by atoms with E-state index >= 15 is 0 Å². The number of thiophene rings is 2. The number of hydrogen-bond donors (Lipinski definition) is 2. The van der Waals surface area contributed by atoms with E-state index in [-0.39, 0.29) is 30.1 Å². The maximum absolute atomic E-state index is 10.0. The average molecular weight is 725 g/mol.